The predicted molar refractivity (Wildman–Crippen MR) is 104 cm³/mol. The van der Waals surface area contributed by atoms with Gasteiger partial charge in [-0.15, -0.1) is 0 Å². The van der Waals surface area contributed by atoms with Crippen LogP contribution in [0.1, 0.15) is 16.7 Å². The molecule has 1 N–H and O–H groups in total. The molecule has 0 radical (unpaired) electrons. The van der Waals surface area contributed by atoms with Gasteiger partial charge in [0.25, 0.3) is 5.91 Å². The number of halogens is 1. The summed E-state index contributed by atoms with van der Waals surface area (Å²) in [6.07, 6.45) is 1.84. The van der Waals surface area contributed by atoms with Crippen LogP contribution in [0, 0.1) is 13.8 Å². The van der Waals surface area contributed by atoms with Crippen LogP contribution in [0.2, 0.25) is 5.02 Å². The summed E-state index contributed by atoms with van der Waals surface area (Å²) in [6.45, 7) is 4.14. The minimum absolute atomic E-state index is 0.175. The number of amides is 1. The largest absolute Gasteiger partial charge is 0.454 e. The van der Waals surface area contributed by atoms with Crippen LogP contribution < -0.4 is 14.8 Å². The molecule has 1 amide bonds. The molecule has 132 valence electrons. The quantitative estimate of drug-likeness (QED) is 0.767. The van der Waals surface area contributed by atoms with E-state index in [-0.39, 0.29) is 12.7 Å². The van der Waals surface area contributed by atoms with Crippen molar-refractivity contribution in [1.82, 2.24) is 5.32 Å². The number of carbonyl (C=O) groups is 1. The smallest absolute Gasteiger partial charge is 0.264 e. The molecule has 0 bridgehead atoms. The van der Waals surface area contributed by atoms with Crippen LogP contribution in [0.3, 0.4) is 0 Å². The van der Waals surface area contributed by atoms with Crippen LogP contribution in [-0.2, 0) is 4.79 Å². The summed E-state index contributed by atoms with van der Waals surface area (Å²) in [7, 11) is 0. The van der Waals surface area contributed by atoms with Gasteiger partial charge in [-0.25, -0.2) is 4.99 Å². The molecule has 1 saturated heterocycles. The molecule has 2 aromatic carbocycles. The lowest BCUT2D eigenvalue weighted by Gasteiger charge is -2.03. The highest BCUT2D eigenvalue weighted by molar-refractivity contribution is 8.18. The summed E-state index contributed by atoms with van der Waals surface area (Å²) in [6, 6.07) is 9.29. The van der Waals surface area contributed by atoms with E-state index in [1.807, 2.05) is 44.2 Å². The zero-order valence-electron chi connectivity index (χ0n) is 14.1. The van der Waals surface area contributed by atoms with Gasteiger partial charge in [0.2, 0.25) is 6.79 Å². The van der Waals surface area contributed by atoms with Crippen molar-refractivity contribution in [2.24, 2.45) is 4.99 Å². The van der Waals surface area contributed by atoms with Gasteiger partial charge in [0.15, 0.2) is 16.7 Å². The summed E-state index contributed by atoms with van der Waals surface area (Å²) in [5, 5.41) is 3.94. The van der Waals surface area contributed by atoms with Crippen LogP contribution in [0.15, 0.2) is 40.2 Å². The maximum Gasteiger partial charge on any atom is 0.264 e. The number of hydrogen-bond acceptors (Lipinski definition) is 5. The molecule has 0 aromatic heterocycles. The molecule has 0 atom stereocenters. The molecule has 4 rings (SSSR count). The van der Waals surface area contributed by atoms with Crippen molar-refractivity contribution in [3.05, 3.63) is 56.9 Å². The minimum atomic E-state index is -0.175. The van der Waals surface area contributed by atoms with Crippen LogP contribution in [-0.4, -0.2) is 17.9 Å². The molecule has 0 aliphatic carbocycles. The standard InChI is InChI=1S/C19H15ClN2O3S/c1-10-3-4-13(20)8-14(10)21-19-22-18(23)17(26-19)7-12-6-16-15(5-11(12)2)24-9-25-16/h3-8H,9H2,1-2H3,(H,21,22,23). The number of aliphatic imine (C=N–C) groups is 1. The molecule has 2 aliphatic heterocycles. The molecule has 26 heavy (non-hydrogen) atoms. The molecule has 7 heteroatoms. The van der Waals surface area contributed by atoms with Crippen molar-refractivity contribution in [1.29, 1.82) is 0 Å². The van der Waals surface area contributed by atoms with Gasteiger partial charge in [-0.1, -0.05) is 17.7 Å². The van der Waals surface area contributed by atoms with Gasteiger partial charge >= 0.3 is 0 Å². The van der Waals surface area contributed by atoms with E-state index < -0.39 is 0 Å². The highest BCUT2D eigenvalue weighted by Gasteiger charge is 2.25. The first kappa shape index (κ1) is 17.0. The fourth-order valence-corrected chi connectivity index (χ4v) is 3.64. The van der Waals surface area contributed by atoms with Crippen molar-refractivity contribution >= 4 is 46.2 Å². The molecule has 1 fully saturated rings. The van der Waals surface area contributed by atoms with Gasteiger partial charge in [0, 0.05) is 5.02 Å². The third kappa shape index (κ3) is 3.30. The lowest BCUT2D eigenvalue weighted by Crippen LogP contribution is -2.19. The molecular formula is C19H15ClN2O3S. The Hall–Kier alpha value is -2.44. The first-order valence-corrected chi connectivity index (χ1v) is 9.15. The monoisotopic (exact) mass is 386 g/mol. The number of amidine groups is 1. The third-order valence-corrected chi connectivity index (χ3v) is 5.24. The lowest BCUT2D eigenvalue weighted by molar-refractivity contribution is -0.115. The number of benzene rings is 2. The second kappa shape index (κ2) is 6.70. The number of ether oxygens (including phenoxy) is 2. The van der Waals surface area contributed by atoms with E-state index in [0.29, 0.717) is 20.8 Å². The van der Waals surface area contributed by atoms with Gasteiger partial charge in [-0.05, 0) is 72.6 Å². The highest BCUT2D eigenvalue weighted by atomic mass is 35.5. The average molecular weight is 387 g/mol. The Morgan fingerprint density at radius 3 is 2.73 bits per heavy atom. The summed E-state index contributed by atoms with van der Waals surface area (Å²) < 4.78 is 10.8. The molecule has 0 saturated carbocycles. The maximum atomic E-state index is 12.3. The molecule has 0 unspecified atom stereocenters. The fraction of sp³-hybridized carbons (Fsp3) is 0.158. The summed E-state index contributed by atoms with van der Waals surface area (Å²) in [5.41, 5.74) is 3.64. The number of thioether (sulfide) groups is 1. The first-order chi connectivity index (χ1) is 12.5. The normalized spacial score (nSPS) is 18.7. The molecule has 2 aromatic rings. The molecule has 2 heterocycles. The van der Waals surface area contributed by atoms with E-state index in [9.17, 15) is 4.79 Å². The zero-order chi connectivity index (χ0) is 18.3. The summed E-state index contributed by atoms with van der Waals surface area (Å²) in [5.74, 6) is 1.24. The van der Waals surface area contributed by atoms with Gasteiger partial charge in [-0.2, -0.15) is 0 Å². The highest BCUT2D eigenvalue weighted by Crippen LogP contribution is 2.37. The van der Waals surface area contributed by atoms with Crippen LogP contribution in [0.5, 0.6) is 11.5 Å². The number of aryl methyl sites for hydroxylation is 2. The van der Waals surface area contributed by atoms with E-state index in [1.165, 1.54) is 11.8 Å². The maximum absolute atomic E-state index is 12.3. The number of fused-ring (bicyclic) bond motifs is 1. The second-order valence-corrected chi connectivity index (χ2v) is 7.44. The van der Waals surface area contributed by atoms with Crippen molar-refractivity contribution < 1.29 is 14.3 Å². The predicted octanol–water partition coefficient (Wildman–Crippen LogP) is 4.58. The van der Waals surface area contributed by atoms with E-state index in [4.69, 9.17) is 21.1 Å². The Morgan fingerprint density at radius 2 is 1.92 bits per heavy atom. The van der Waals surface area contributed by atoms with Gasteiger partial charge < -0.3 is 14.8 Å². The molecule has 0 spiro atoms. The van der Waals surface area contributed by atoms with Gasteiger partial charge in [-0.3, -0.25) is 4.79 Å². The Labute approximate surface area is 160 Å². The van der Waals surface area contributed by atoms with Crippen LogP contribution in [0.4, 0.5) is 5.69 Å². The van der Waals surface area contributed by atoms with E-state index in [1.54, 1.807) is 6.07 Å². The summed E-state index contributed by atoms with van der Waals surface area (Å²) in [4.78, 5) is 17.4. The first-order valence-electron chi connectivity index (χ1n) is 7.95. The zero-order valence-corrected chi connectivity index (χ0v) is 15.7. The minimum Gasteiger partial charge on any atom is -0.454 e. The summed E-state index contributed by atoms with van der Waals surface area (Å²) >= 11 is 7.33. The number of hydrogen-bond donors (Lipinski definition) is 1. The molecule has 5 nitrogen and oxygen atoms in total. The lowest BCUT2D eigenvalue weighted by atomic mass is 10.1. The number of nitrogens with zero attached hydrogens (tertiary/aromatic N) is 1. The number of carbonyl (C=O) groups excluding carboxylic acids is 1. The van der Waals surface area contributed by atoms with Crippen molar-refractivity contribution in [3.8, 4) is 11.5 Å². The van der Waals surface area contributed by atoms with Gasteiger partial charge in [0.05, 0.1) is 10.6 Å². The average Bonchev–Trinajstić information content (AvgIpc) is 3.18. The Kier molecular flexibility index (Phi) is 4.38. The van der Waals surface area contributed by atoms with Crippen molar-refractivity contribution in [3.63, 3.8) is 0 Å². The van der Waals surface area contributed by atoms with E-state index >= 15 is 0 Å². The SMILES string of the molecule is Cc1cc2c(cc1C=C1SC(=Nc3cc(Cl)ccc3C)NC1=O)OCO2. The van der Waals surface area contributed by atoms with Crippen LogP contribution in [0.25, 0.3) is 6.08 Å². The Morgan fingerprint density at radius 1 is 1.15 bits per heavy atom. The molecular weight excluding hydrogens is 372 g/mol. The molecule has 2 aliphatic rings. The fourth-order valence-electron chi connectivity index (χ4n) is 2.65. The van der Waals surface area contributed by atoms with Crippen molar-refractivity contribution in [2.75, 3.05) is 6.79 Å². The van der Waals surface area contributed by atoms with Gasteiger partial charge in [0.1, 0.15) is 0 Å². The third-order valence-electron chi connectivity index (χ3n) is 4.09. The topological polar surface area (TPSA) is 59.9 Å². The van der Waals surface area contributed by atoms with Crippen molar-refractivity contribution in [2.45, 2.75) is 13.8 Å². The second-order valence-electron chi connectivity index (χ2n) is 5.97. The van der Waals surface area contributed by atoms with E-state index in [0.717, 1.165) is 28.1 Å². The Bertz CT molecular complexity index is 985. The Balaban J connectivity index is 1.63. The van der Waals surface area contributed by atoms with E-state index in [2.05, 4.69) is 10.3 Å². The van der Waals surface area contributed by atoms with Crippen LogP contribution >= 0.6 is 23.4 Å². The number of nitrogens with one attached hydrogen (secondary N) is 1. The number of rotatable bonds is 2.